The standard InChI is InChI=1S/C14H9Cl2NO3/c15-11-6-5-8(7-12(11)16)17-13(18)9-3-1-2-4-10(9)14(19)20/h1-7H,(H,17,18)(H,19,20)/p-1. The molecule has 4 nitrogen and oxygen atoms in total. The Morgan fingerprint density at radius 1 is 0.950 bits per heavy atom. The lowest BCUT2D eigenvalue weighted by Gasteiger charge is -2.11. The monoisotopic (exact) mass is 308 g/mol. The van der Waals surface area contributed by atoms with Crippen molar-refractivity contribution in [3.05, 3.63) is 63.6 Å². The van der Waals surface area contributed by atoms with Gasteiger partial charge in [-0.2, -0.15) is 0 Å². The van der Waals surface area contributed by atoms with E-state index in [1.165, 1.54) is 30.3 Å². The second kappa shape index (κ2) is 5.94. The average molecular weight is 309 g/mol. The maximum absolute atomic E-state index is 12.1. The number of rotatable bonds is 3. The third kappa shape index (κ3) is 3.10. The van der Waals surface area contributed by atoms with Crippen LogP contribution in [0.15, 0.2) is 42.5 Å². The molecule has 0 fully saturated rings. The number of carbonyl (C=O) groups excluding carboxylic acids is 2. The first-order chi connectivity index (χ1) is 9.49. The van der Waals surface area contributed by atoms with E-state index in [1.54, 1.807) is 12.1 Å². The summed E-state index contributed by atoms with van der Waals surface area (Å²) in [5.41, 5.74) is 0.251. The van der Waals surface area contributed by atoms with Crippen LogP contribution in [0.3, 0.4) is 0 Å². The van der Waals surface area contributed by atoms with Crippen molar-refractivity contribution in [2.45, 2.75) is 0 Å². The van der Waals surface area contributed by atoms with Crippen LogP contribution in [0.1, 0.15) is 20.7 Å². The van der Waals surface area contributed by atoms with Gasteiger partial charge >= 0.3 is 0 Å². The molecule has 2 rings (SSSR count). The van der Waals surface area contributed by atoms with Crippen molar-refractivity contribution < 1.29 is 14.7 Å². The van der Waals surface area contributed by atoms with E-state index in [4.69, 9.17) is 23.2 Å². The number of halogens is 2. The smallest absolute Gasteiger partial charge is 0.256 e. The fourth-order valence-electron chi connectivity index (χ4n) is 1.63. The van der Waals surface area contributed by atoms with Crippen molar-refractivity contribution in [2.24, 2.45) is 0 Å². The molecule has 0 saturated heterocycles. The summed E-state index contributed by atoms with van der Waals surface area (Å²) in [7, 11) is 0. The number of hydrogen-bond acceptors (Lipinski definition) is 3. The summed E-state index contributed by atoms with van der Waals surface area (Å²) >= 11 is 11.6. The highest BCUT2D eigenvalue weighted by Crippen LogP contribution is 2.25. The molecular weight excluding hydrogens is 301 g/mol. The highest BCUT2D eigenvalue weighted by atomic mass is 35.5. The number of anilines is 1. The van der Waals surface area contributed by atoms with E-state index < -0.39 is 11.9 Å². The summed E-state index contributed by atoms with van der Waals surface area (Å²) in [6, 6.07) is 10.4. The van der Waals surface area contributed by atoms with Gasteiger partial charge in [0.25, 0.3) is 5.91 Å². The quantitative estimate of drug-likeness (QED) is 0.947. The van der Waals surface area contributed by atoms with Crippen molar-refractivity contribution in [1.82, 2.24) is 0 Å². The molecule has 0 heterocycles. The van der Waals surface area contributed by atoms with E-state index in [0.29, 0.717) is 10.7 Å². The van der Waals surface area contributed by atoms with Crippen molar-refractivity contribution in [1.29, 1.82) is 0 Å². The predicted octanol–water partition coefficient (Wildman–Crippen LogP) is 2.61. The van der Waals surface area contributed by atoms with Crippen molar-refractivity contribution in [3.63, 3.8) is 0 Å². The summed E-state index contributed by atoms with van der Waals surface area (Å²) in [5, 5.41) is 14.1. The van der Waals surface area contributed by atoms with Gasteiger partial charge in [0.1, 0.15) is 0 Å². The van der Waals surface area contributed by atoms with E-state index in [-0.39, 0.29) is 16.1 Å². The second-order valence-electron chi connectivity index (χ2n) is 3.92. The number of amides is 1. The molecule has 102 valence electrons. The van der Waals surface area contributed by atoms with Gasteiger partial charge in [-0.3, -0.25) is 4.79 Å². The second-order valence-corrected chi connectivity index (χ2v) is 4.73. The summed E-state index contributed by atoms with van der Waals surface area (Å²) in [6.07, 6.45) is 0. The number of carboxylic acid groups (broad SMARTS) is 1. The molecule has 0 aromatic heterocycles. The summed E-state index contributed by atoms with van der Waals surface area (Å²) in [5.74, 6) is -1.98. The van der Waals surface area contributed by atoms with Crippen molar-refractivity contribution in [3.8, 4) is 0 Å². The normalized spacial score (nSPS) is 10.1. The van der Waals surface area contributed by atoms with Gasteiger partial charge in [-0.15, -0.1) is 0 Å². The van der Waals surface area contributed by atoms with Crippen LogP contribution < -0.4 is 10.4 Å². The number of aromatic carboxylic acids is 1. The molecule has 0 saturated carbocycles. The molecule has 1 amide bonds. The molecule has 0 atom stereocenters. The Bertz CT molecular complexity index is 686. The van der Waals surface area contributed by atoms with Crippen LogP contribution in [0.25, 0.3) is 0 Å². The van der Waals surface area contributed by atoms with Gasteiger partial charge in [-0.1, -0.05) is 41.4 Å². The molecule has 20 heavy (non-hydrogen) atoms. The number of carbonyl (C=O) groups is 2. The van der Waals surface area contributed by atoms with Crippen molar-refractivity contribution in [2.75, 3.05) is 5.32 Å². The maximum atomic E-state index is 12.1. The summed E-state index contributed by atoms with van der Waals surface area (Å²) in [6.45, 7) is 0. The molecule has 0 unspecified atom stereocenters. The summed E-state index contributed by atoms with van der Waals surface area (Å²) < 4.78 is 0. The van der Waals surface area contributed by atoms with Crippen LogP contribution in [-0.2, 0) is 0 Å². The largest absolute Gasteiger partial charge is 0.545 e. The van der Waals surface area contributed by atoms with Gasteiger partial charge in [0.05, 0.1) is 16.0 Å². The van der Waals surface area contributed by atoms with Gasteiger partial charge in [-0.05, 0) is 24.3 Å². The van der Waals surface area contributed by atoms with Gasteiger partial charge in [-0.25, -0.2) is 0 Å². The number of nitrogens with one attached hydrogen (secondary N) is 1. The Hall–Kier alpha value is -2.04. The molecule has 0 spiro atoms. The molecule has 1 N–H and O–H groups in total. The number of carboxylic acids is 1. The molecule has 0 bridgehead atoms. The minimum atomic E-state index is -1.41. The van der Waals surface area contributed by atoms with Crippen LogP contribution in [-0.4, -0.2) is 11.9 Å². The third-order valence-electron chi connectivity index (χ3n) is 2.57. The Morgan fingerprint density at radius 3 is 2.20 bits per heavy atom. The van der Waals surface area contributed by atoms with E-state index in [1.807, 2.05) is 0 Å². The first-order valence-corrected chi connectivity index (χ1v) is 6.31. The zero-order valence-corrected chi connectivity index (χ0v) is 11.5. The third-order valence-corrected chi connectivity index (χ3v) is 3.31. The van der Waals surface area contributed by atoms with E-state index in [9.17, 15) is 14.7 Å². The van der Waals surface area contributed by atoms with E-state index >= 15 is 0 Å². The minimum absolute atomic E-state index is 0.0126. The molecule has 0 aliphatic carbocycles. The molecule has 2 aromatic rings. The average Bonchev–Trinajstić information content (AvgIpc) is 2.43. The van der Waals surface area contributed by atoms with E-state index in [2.05, 4.69) is 5.32 Å². The molecule has 0 radical (unpaired) electrons. The highest BCUT2D eigenvalue weighted by Gasteiger charge is 2.12. The van der Waals surface area contributed by atoms with Crippen LogP contribution in [0.5, 0.6) is 0 Å². The molecule has 0 aliphatic heterocycles. The first-order valence-electron chi connectivity index (χ1n) is 5.56. The lowest BCUT2D eigenvalue weighted by Crippen LogP contribution is -2.26. The lowest BCUT2D eigenvalue weighted by atomic mass is 10.1. The SMILES string of the molecule is O=C([O-])c1ccccc1C(=O)Nc1ccc(Cl)c(Cl)c1. The zero-order chi connectivity index (χ0) is 14.7. The molecule has 6 heteroatoms. The lowest BCUT2D eigenvalue weighted by molar-refractivity contribution is -0.255. The topological polar surface area (TPSA) is 69.2 Å². The zero-order valence-electron chi connectivity index (χ0n) is 10.0. The fourth-order valence-corrected chi connectivity index (χ4v) is 1.93. The van der Waals surface area contributed by atoms with Crippen LogP contribution in [0.4, 0.5) is 5.69 Å². The Kier molecular flexibility index (Phi) is 4.27. The van der Waals surface area contributed by atoms with Crippen LogP contribution >= 0.6 is 23.2 Å². The van der Waals surface area contributed by atoms with Crippen LogP contribution in [0, 0.1) is 0 Å². The Morgan fingerprint density at radius 2 is 1.60 bits per heavy atom. The predicted molar refractivity (Wildman–Crippen MR) is 75.2 cm³/mol. The van der Waals surface area contributed by atoms with Gasteiger partial charge in [0.2, 0.25) is 0 Å². The van der Waals surface area contributed by atoms with Crippen LogP contribution in [0.2, 0.25) is 10.0 Å². The first kappa shape index (κ1) is 14.4. The molecule has 0 aliphatic rings. The van der Waals surface area contributed by atoms with Gasteiger partial charge in [0, 0.05) is 16.8 Å². The molecule has 2 aromatic carbocycles. The Balaban J connectivity index is 2.28. The minimum Gasteiger partial charge on any atom is -0.545 e. The molecular formula is C14H8Cl2NO3-. The Labute approximate surface area is 124 Å². The van der Waals surface area contributed by atoms with Gasteiger partial charge in [0.15, 0.2) is 0 Å². The number of hydrogen-bond donors (Lipinski definition) is 1. The highest BCUT2D eigenvalue weighted by molar-refractivity contribution is 6.42. The van der Waals surface area contributed by atoms with Gasteiger partial charge < -0.3 is 15.2 Å². The number of benzene rings is 2. The van der Waals surface area contributed by atoms with Crippen molar-refractivity contribution >= 4 is 40.8 Å². The van der Waals surface area contributed by atoms with E-state index in [0.717, 1.165) is 0 Å². The fraction of sp³-hybridized carbons (Fsp3) is 0. The maximum Gasteiger partial charge on any atom is 0.256 e. The summed E-state index contributed by atoms with van der Waals surface area (Å²) in [4.78, 5) is 23.0.